The Kier molecular flexibility index (Phi) is 5.21. The Balaban J connectivity index is 1.47. The van der Waals surface area contributed by atoms with Gasteiger partial charge in [-0.25, -0.2) is 0 Å². The number of amides is 1. The van der Waals surface area contributed by atoms with Crippen LogP contribution in [0.3, 0.4) is 0 Å². The van der Waals surface area contributed by atoms with Crippen molar-refractivity contribution in [3.63, 3.8) is 0 Å². The smallest absolute Gasteiger partial charge is 0.279 e. The fourth-order valence-corrected chi connectivity index (χ4v) is 4.96. The van der Waals surface area contributed by atoms with E-state index in [1.54, 1.807) is 11.3 Å². The van der Waals surface area contributed by atoms with Crippen LogP contribution in [0, 0.1) is 11.8 Å². The van der Waals surface area contributed by atoms with Crippen molar-refractivity contribution in [1.29, 1.82) is 0 Å². The first-order valence-corrected chi connectivity index (χ1v) is 9.75. The maximum absolute atomic E-state index is 12.2. The number of rotatable bonds is 2. The van der Waals surface area contributed by atoms with Gasteiger partial charge in [0.1, 0.15) is 0 Å². The van der Waals surface area contributed by atoms with Crippen LogP contribution in [0.25, 0.3) is 0 Å². The van der Waals surface area contributed by atoms with Gasteiger partial charge in [-0.1, -0.05) is 26.7 Å². The van der Waals surface area contributed by atoms with Crippen molar-refractivity contribution >= 4 is 34.6 Å². The molecule has 0 radical (unpaired) electrons. The molecule has 1 aromatic rings. The highest BCUT2D eigenvalue weighted by molar-refractivity contribution is 7.80. The largest absolute Gasteiger partial charge is 0.358 e. The van der Waals surface area contributed by atoms with Crippen LogP contribution in [0.4, 0.5) is 0 Å². The van der Waals surface area contributed by atoms with Crippen LogP contribution in [-0.4, -0.2) is 17.1 Å². The molecule has 2 aliphatic carbocycles. The average molecular weight is 352 g/mol. The van der Waals surface area contributed by atoms with Gasteiger partial charge in [0.2, 0.25) is 0 Å². The van der Waals surface area contributed by atoms with E-state index in [2.05, 4.69) is 30.0 Å². The van der Waals surface area contributed by atoms with E-state index in [9.17, 15) is 4.79 Å². The van der Waals surface area contributed by atoms with Gasteiger partial charge in [-0.3, -0.25) is 15.6 Å². The normalized spacial score (nSPS) is 26.4. The molecule has 2 aliphatic rings. The predicted molar refractivity (Wildman–Crippen MR) is 98.6 cm³/mol. The van der Waals surface area contributed by atoms with Crippen molar-refractivity contribution in [2.24, 2.45) is 11.8 Å². The van der Waals surface area contributed by atoms with E-state index in [1.807, 2.05) is 6.07 Å². The minimum Gasteiger partial charge on any atom is -0.358 e. The summed E-state index contributed by atoms with van der Waals surface area (Å²) in [6.07, 6.45) is 7.09. The van der Waals surface area contributed by atoms with Gasteiger partial charge in [0, 0.05) is 10.9 Å². The summed E-state index contributed by atoms with van der Waals surface area (Å²) in [5.74, 6) is 1.21. The first-order chi connectivity index (χ1) is 11.0. The fourth-order valence-electron chi connectivity index (χ4n) is 3.61. The minimum atomic E-state index is -0.0985. The summed E-state index contributed by atoms with van der Waals surface area (Å²) in [4.78, 5) is 14.3. The van der Waals surface area contributed by atoms with Crippen LogP contribution in [0.5, 0.6) is 0 Å². The third kappa shape index (κ3) is 3.86. The molecule has 3 atom stereocenters. The number of thiocarbonyl (C=S) groups is 1. The number of fused-ring (bicyclic) bond motifs is 1. The van der Waals surface area contributed by atoms with E-state index in [0.717, 1.165) is 24.1 Å². The molecule has 0 bridgehead atoms. The van der Waals surface area contributed by atoms with Crippen molar-refractivity contribution in [1.82, 2.24) is 16.2 Å². The molecule has 0 aliphatic heterocycles. The van der Waals surface area contributed by atoms with Crippen LogP contribution in [0.15, 0.2) is 6.07 Å². The van der Waals surface area contributed by atoms with E-state index in [4.69, 9.17) is 12.2 Å². The maximum atomic E-state index is 12.2. The average Bonchev–Trinajstić information content (AvgIpc) is 3.11. The van der Waals surface area contributed by atoms with Crippen molar-refractivity contribution in [3.05, 3.63) is 21.4 Å². The maximum Gasteiger partial charge on any atom is 0.279 e. The number of nitrogens with one attached hydrogen (secondary N) is 3. The second-order valence-electron chi connectivity index (χ2n) is 6.84. The van der Waals surface area contributed by atoms with E-state index in [0.29, 0.717) is 23.0 Å². The van der Waals surface area contributed by atoms with E-state index in [-0.39, 0.29) is 5.91 Å². The molecule has 6 heteroatoms. The number of carbonyl (C=O) groups excluding carboxylic acids is 1. The number of thiophene rings is 1. The summed E-state index contributed by atoms with van der Waals surface area (Å²) >= 11 is 6.93. The Morgan fingerprint density at radius 1 is 1.22 bits per heavy atom. The molecule has 0 aromatic carbocycles. The molecule has 23 heavy (non-hydrogen) atoms. The standard InChI is InChI=1S/C17H25N3OS2/c1-10-5-3-7-13(11(10)2)18-17(22)20-19-16(21)15-9-12-6-4-8-14(12)23-15/h9-11,13H,3-8H2,1-2H3,(H,19,21)(H2,18,20,22)/t10-,11-,13+/m1/s1. The number of carbonyl (C=O) groups is 1. The van der Waals surface area contributed by atoms with Gasteiger partial charge in [0.25, 0.3) is 5.91 Å². The Morgan fingerprint density at radius 2 is 2.04 bits per heavy atom. The number of hydrogen-bond acceptors (Lipinski definition) is 3. The molecule has 4 nitrogen and oxygen atoms in total. The Bertz CT molecular complexity index is 577. The van der Waals surface area contributed by atoms with Gasteiger partial charge >= 0.3 is 0 Å². The predicted octanol–water partition coefficient (Wildman–Crippen LogP) is 3.17. The van der Waals surface area contributed by atoms with Crippen LogP contribution in [0.2, 0.25) is 0 Å². The summed E-state index contributed by atoms with van der Waals surface area (Å²) in [6, 6.07) is 2.41. The third-order valence-electron chi connectivity index (χ3n) is 5.28. The van der Waals surface area contributed by atoms with Crippen molar-refractivity contribution in [2.75, 3.05) is 0 Å². The van der Waals surface area contributed by atoms with Gasteiger partial charge in [0.15, 0.2) is 5.11 Å². The molecule has 126 valence electrons. The molecular weight excluding hydrogens is 326 g/mol. The highest BCUT2D eigenvalue weighted by Crippen LogP contribution is 2.30. The summed E-state index contributed by atoms with van der Waals surface area (Å²) < 4.78 is 0. The van der Waals surface area contributed by atoms with Crippen LogP contribution in [-0.2, 0) is 12.8 Å². The molecule has 0 saturated heterocycles. The minimum absolute atomic E-state index is 0.0985. The Morgan fingerprint density at radius 3 is 2.83 bits per heavy atom. The molecule has 3 N–H and O–H groups in total. The molecule has 1 amide bonds. The van der Waals surface area contributed by atoms with Crippen molar-refractivity contribution in [2.45, 2.75) is 58.4 Å². The highest BCUT2D eigenvalue weighted by Gasteiger charge is 2.27. The first kappa shape index (κ1) is 16.7. The second kappa shape index (κ2) is 7.18. The number of aryl methyl sites for hydroxylation is 2. The summed E-state index contributed by atoms with van der Waals surface area (Å²) in [5, 5.41) is 3.86. The quantitative estimate of drug-likeness (QED) is 0.566. The summed E-state index contributed by atoms with van der Waals surface area (Å²) in [5.41, 5.74) is 6.92. The number of hydrazine groups is 1. The lowest BCUT2D eigenvalue weighted by atomic mass is 9.78. The molecule has 3 rings (SSSR count). The second-order valence-corrected chi connectivity index (χ2v) is 8.38. The highest BCUT2D eigenvalue weighted by atomic mass is 32.1. The topological polar surface area (TPSA) is 53.2 Å². The van der Waals surface area contributed by atoms with Crippen LogP contribution < -0.4 is 16.2 Å². The van der Waals surface area contributed by atoms with Gasteiger partial charge in [-0.05, 0) is 61.4 Å². The fraction of sp³-hybridized carbons (Fsp3) is 0.647. The molecule has 1 heterocycles. The van der Waals surface area contributed by atoms with Gasteiger partial charge in [-0.15, -0.1) is 11.3 Å². The zero-order chi connectivity index (χ0) is 16.4. The molecule has 1 fully saturated rings. The molecule has 0 spiro atoms. The zero-order valence-electron chi connectivity index (χ0n) is 13.8. The zero-order valence-corrected chi connectivity index (χ0v) is 15.4. The van der Waals surface area contributed by atoms with Crippen LogP contribution >= 0.6 is 23.6 Å². The van der Waals surface area contributed by atoms with Gasteiger partial charge < -0.3 is 5.32 Å². The van der Waals surface area contributed by atoms with Gasteiger partial charge in [0.05, 0.1) is 4.88 Å². The molecule has 1 aromatic heterocycles. The summed E-state index contributed by atoms with van der Waals surface area (Å²) in [7, 11) is 0. The molecule has 0 unspecified atom stereocenters. The van der Waals surface area contributed by atoms with Gasteiger partial charge in [-0.2, -0.15) is 0 Å². The lowest BCUT2D eigenvalue weighted by molar-refractivity contribution is 0.0947. The SMILES string of the molecule is C[C@@H]1[C@H](C)CCC[C@@H]1NC(=S)NNC(=O)c1cc2c(s1)CCC2. The van der Waals surface area contributed by atoms with E-state index < -0.39 is 0 Å². The van der Waals surface area contributed by atoms with Crippen LogP contribution in [0.1, 0.15) is 59.6 Å². The monoisotopic (exact) mass is 351 g/mol. The number of hydrogen-bond donors (Lipinski definition) is 3. The Labute approximate surface area is 147 Å². The summed E-state index contributed by atoms with van der Waals surface area (Å²) in [6.45, 7) is 4.57. The third-order valence-corrected chi connectivity index (χ3v) is 6.74. The lowest BCUT2D eigenvalue weighted by Gasteiger charge is -2.35. The molecule has 1 saturated carbocycles. The van der Waals surface area contributed by atoms with E-state index >= 15 is 0 Å². The Hall–Kier alpha value is -1.14. The lowest BCUT2D eigenvalue weighted by Crippen LogP contribution is -2.52. The van der Waals surface area contributed by atoms with E-state index in [1.165, 1.54) is 29.7 Å². The van der Waals surface area contributed by atoms with Crippen molar-refractivity contribution in [3.8, 4) is 0 Å². The first-order valence-electron chi connectivity index (χ1n) is 8.53. The van der Waals surface area contributed by atoms with Crippen molar-refractivity contribution < 1.29 is 4.79 Å². The molecular formula is C17H25N3OS2.